The van der Waals surface area contributed by atoms with E-state index in [2.05, 4.69) is 5.32 Å². The molecule has 0 saturated carbocycles. The van der Waals surface area contributed by atoms with Gasteiger partial charge in [-0.3, -0.25) is 4.79 Å². The molecule has 2 rings (SSSR count). The Kier molecular flexibility index (Phi) is 2.39. The van der Waals surface area contributed by atoms with Crippen molar-refractivity contribution in [2.75, 3.05) is 11.9 Å². The second kappa shape index (κ2) is 3.70. The average molecular weight is 191 g/mol. The SMILES string of the molecule is O=C(O)Cc1ccc2c(c1)CCCN2. The Labute approximate surface area is 82.8 Å². The molecule has 74 valence electrons. The van der Waals surface area contributed by atoms with Gasteiger partial charge in [0.25, 0.3) is 0 Å². The number of benzene rings is 1. The Morgan fingerprint density at radius 3 is 3.14 bits per heavy atom. The van der Waals surface area contributed by atoms with Gasteiger partial charge in [-0.25, -0.2) is 0 Å². The Hall–Kier alpha value is -1.51. The van der Waals surface area contributed by atoms with Crippen molar-refractivity contribution < 1.29 is 9.90 Å². The van der Waals surface area contributed by atoms with Gasteiger partial charge in [-0.05, 0) is 30.0 Å². The molecule has 0 aromatic heterocycles. The van der Waals surface area contributed by atoms with Gasteiger partial charge in [0.15, 0.2) is 0 Å². The number of rotatable bonds is 2. The normalized spacial score (nSPS) is 14.3. The maximum Gasteiger partial charge on any atom is 0.307 e. The molecule has 0 fully saturated rings. The first-order valence-corrected chi connectivity index (χ1v) is 4.83. The van der Waals surface area contributed by atoms with E-state index in [4.69, 9.17) is 5.11 Å². The molecule has 0 atom stereocenters. The molecule has 0 amide bonds. The van der Waals surface area contributed by atoms with Crippen LogP contribution in [0.15, 0.2) is 18.2 Å². The molecule has 1 aliphatic heterocycles. The van der Waals surface area contributed by atoms with E-state index in [-0.39, 0.29) is 6.42 Å². The summed E-state index contributed by atoms with van der Waals surface area (Å²) in [6, 6.07) is 5.85. The highest BCUT2D eigenvalue weighted by Gasteiger charge is 2.09. The topological polar surface area (TPSA) is 49.3 Å². The molecular weight excluding hydrogens is 178 g/mol. The second-order valence-electron chi connectivity index (χ2n) is 3.59. The number of fused-ring (bicyclic) bond motifs is 1. The number of aliphatic carboxylic acids is 1. The molecule has 1 aromatic rings. The minimum Gasteiger partial charge on any atom is -0.481 e. The fourth-order valence-corrected chi connectivity index (χ4v) is 1.81. The molecule has 0 radical (unpaired) electrons. The minimum absolute atomic E-state index is 0.118. The van der Waals surface area contributed by atoms with Crippen LogP contribution in [0.4, 0.5) is 5.69 Å². The number of carbonyl (C=O) groups is 1. The summed E-state index contributed by atoms with van der Waals surface area (Å²) in [4.78, 5) is 10.5. The summed E-state index contributed by atoms with van der Waals surface area (Å²) in [5, 5.41) is 12.0. The van der Waals surface area contributed by atoms with E-state index in [0.29, 0.717) is 0 Å². The standard InChI is InChI=1S/C11H13NO2/c13-11(14)7-8-3-4-10-9(6-8)2-1-5-12-10/h3-4,6,12H,1-2,5,7H2,(H,13,14). The van der Waals surface area contributed by atoms with E-state index in [0.717, 1.165) is 30.6 Å². The number of hydrogen-bond donors (Lipinski definition) is 2. The van der Waals surface area contributed by atoms with Gasteiger partial charge in [-0.2, -0.15) is 0 Å². The smallest absolute Gasteiger partial charge is 0.307 e. The summed E-state index contributed by atoms with van der Waals surface area (Å²) in [5.74, 6) is -0.770. The molecule has 1 heterocycles. The van der Waals surface area contributed by atoms with Crippen LogP contribution in [-0.4, -0.2) is 17.6 Å². The monoisotopic (exact) mass is 191 g/mol. The lowest BCUT2D eigenvalue weighted by Gasteiger charge is -2.18. The third-order valence-electron chi connectivity index (χ3n) is 2.46. The van der Waals surface area contributed by atoms with Crippen LogP contribution in [0.2, 0.25) is 0 Å². The van der Waals surface area contributed by atoms with Crippen molar-refractivity contribution in [1.82, 2.24) is 0 Å². The molecule has 0 aliphatic carbocycles. The lowest BCUT2D eigenvalue weighted by atomic mass is 10.00. The van der Waals surface area contributed by atoms with Crippen molar-refractivity contribution in [2.45, 2.75) is 19.3 Å². The molecule has 0 unspecified atom stereocenters. The van der Waals surface area contributed by atoms with Gasteiger partial charge in [0.05, 0.1) is 6.42 Å². The van der Waals surface area contributed by atoms with Crippen LogP contribution in [-0.2, 0) is 17.6 Å². The number of nitrogens with one attached hydrogen (secondary N) is 1. The van der Waals surface area contributed by atoms with Crippen molar-refractivity contribution in [3.63, 3.8) is 0 Å². The summed E-state index contributed by atoms with van der Waals surface area (Å²) < 4.78 is 0. The van der Waals surface area contributed by atoms with Crippen LogP contribution < -0.4 is 5.32 Å². The zero-order chi connectivity index (χ0) is 9.97. The number of anilines is 1. The molecular formula is C11H13NO2. The molecule has 0 spiro atoms. The Bertz CT molecular complexity index is 360. The molecule has 1 aromatic carbocycles. The number of aryl methyl sites for hydroxylation is 1. The van der Waals surface area contributed by atoms with Gasteiger partial charge < -0.3 is 10.4 Å². The summed E-state index contributed by atoms with van der Waals surface area (Å²) in [5.41, 5.74) is 3.29. The molecule has 0 bridgehead atoms. The first-order valence-electron chi connectivity index (χ1n) is 4.83. The zero-order valence-corrected chi connectivity index (χ0v) is 7.92. The van der Waals surface area contributed by atoms with Gasteiger partial charge in [-0.1, -0.05) is 12.1 Å². The largest absolute Gasteiger partial charge is 0.481 e. The molecule has 2 N–H and O–H groups in total. The van der Waals surface area contributed by atoms with Crippen LogP contribution in [0.5, 0.6) is 0 Å². The van der Waals surface area contributed by atoms with Gasteiger partial charge in [0.2, 0.25) is 0 Å². The fourth-order valence-electron chi connectivity index (χ4n) is 1.81. The molecule has 0 saturated heterocycles. The summed E-state index contributed by atoms with van der Waals surface area (Å²) >= 11 is 0. The van der Waals surface area contributed by atoms with Gasteiger partial charge in [0.1, 0.15) is 0 Å². The second-order valence-corrected chi connectivity index (χ2v) is 3.59. The van der Waals surface area contributed by atoms with Crippen molar-refractivity contribution in [1.29, 1.82) is 0 Å². The average Bonchev–Trinajstić information content (AvgIpc) is 2.17. The van der Waals surface area contributed by atoms with Crippen LogP contribution in [0.3, 0.4) is 0 Å². The van der Waals surface area contributed by atoms with E-state index < -0.39 is 5.97 Å². The molecule has 14 heavy (non-hydrogen) atoms. The maximum atomic E-state index is 10.5. The number of carboxylic acids is 1. The van der Waals surface area contributed by atoms with Crippen LogP contribution >= 0.6 is 0 Å². The van der Waals surface area contributed by atoms with Crippen LogP contribution in [0.25, 0.3) is 0 Å². The van der Waals surface area contributed by atoms with Gasteiger partial charge in [-0.15, -0.1) is 0 Å². The third kappa shape index (κ3) is 1.87. The van der Waals surface area contributed by atoms with Gasteiger partial charge in [0, 0.05) is 12.2 Å². The number of carboxylic acid groups (broad SMARTS) is 1. The minimum atomic E-state index is -0.770. The van der Waals surface area contributed by atoms with Crippen LogP contribution in [0.1, 0.15) is 17.5 Å². The highest BCUT2D eigenvalue weighted by molar-refractivity contribution is 5.71. The summed E-state index contributed by atoms with van der Waals surface area (Å²) in [6.07, 6.45) is 2.30. The van der Waals surface area contributed by atoms with Crippen molar-refractivity contribution in [3.8, 4) is 0 Å². The van der Waals surface area contributed by atoms with Gasteiger partial charge >= 0.3 is 5.97 Å². The number of hydrogen-bond acceptors (Lipinski definition) is 2. The highest BCUT2D eigenvalue weighted by atomic mass is 16.4. The predicted octanol–water partition coefficient (Wildman–Crippen LogP) is 1.67. The Morgan fingerprint density at radius 1 is 1.50 bits per heavy atom. The van der Waals surface area contributed by atoms with E-state index in [1.54, 1.807) is 0 Å². The lowest BCUT2D eigenvalue weighted by Crippen LogP contribution is -2.12. The van der Waals surface area contributed by atoms with Crippen molar-refractivity contribution >= 4 is 11.7 Å². The van der Waals surface area contributed by atoms with Crippen LogP contribution in [0, 0.1) is 0 Å². The molecule has 3 heteroatoms. The third-order valence-corrected chi connectivity index (χ3v) is 2.46. The first kappa shape index (κ1) is 9.06. The van der Waals surface area contributed by atoms with E-state index in [1.165, 1.54) is 5.56 Å². The predicted molar refractivity (Wildman–Crippen MR) is 54.6 cm³/mol. The lowest BCUT2D eigenvalue weighted by molar-refractivity contribution is -0.136. The molecule has 3 nitrogen and oxygen atoms in total. The van der Waals surface area contributed by atoms with E-state index in [9.17, 15) is 4.79 Å². The quantitative estimate of drug-likeness (QED) is 0.747. The Morgan fingerprint density at radius 2 is 2.36 bits per heavy atom. The maximum absolute atomic E-state index is 10.5. The molecule has 1 aliphatic rings. The Balaban J connectivity index is 2.24. The fraction of sp³-hybridized carbons (Fsp3) is 0.364. The van der Waals surface area contributed by atoms with E-state index in [1.807, 2.05) is 18.2 Å². The first-order chi connectivity index (χ1) is 6.75. The summed E-state index contributed by atoms with van der Waals surface area (Å²) in [7, 11) is 0. The van der Waals surface area contributed by atoms with E-state index >= 15 is 0 Å². The van der Waals surface area contributed by atoms with Crippen molar-refractivity contribution in [3.05, 3.63) is 29.3 Å². The zero-order valence-electron chi connectivity index (χ0n) is 7.92. The summed E-state index contributed by atoms with van der Waals surface area (Å²) in [6.45, 7) is 1.02. The highest BCUT2D eigenvalue weighted by Crippen LogP contribution is 2.22. The van der Waals surface area contributed by atoms with Crippen molar-refractivity contribution in [2.24, 2.45) is 0 Å².